The zero-order chi connectivity index (χ0) is 21.1. The number of rotatable bonds is 6. The molecule has 4 aromatic rings. The fourth-order valence-corrected chi connectivity index (χ4v) is 5.13. The first kappa shape index (κ1) is 20.6. The van der Waals surface area contributed by atoms with Crippen LogP contribution in [0.3, 0.4) is 0 Å². The first-order valence-corrected chi connectivity index (χ1v) is 11.7. The molecule has 152 valence electrons. The Labute approximate surface area is 184 Å². The number of para-hydroxylation sites is 1. The highest BCUT2D eigenvalue weighted by molar-refractivity contribution is 8.00. The normalized spacial score (nSPS) is 11.2. The van der Waals surface area contributed by atoms with Crippen LogP contribution >= 0.6 is 23.1 Å². The SMILES string of the molecule is Cc1ccc(-c2csc3ncnc(SCC(=O)Nc4ccccc4C(C)C)c23)cc1. The van der Waals surface area contributed by atoms with Gasteiger partial charge in [-0.1, -0.05) is 73.6 Å². The van der Waals surface area contributed by atoms with Gasteiger partial charge in [-0.2, -0.15) is 0 Å². The van der Waals surface area contributed by atoms with Crippen LogP contribution in [0.25, 0.3) is 21.3 Å². The van der Waals surface area contributed by atoms with Gasteiger partial charge in [-0.15, -0.1) is 11.3 Å². The molecule has 0 aliphatic heterocycles. The van der Waals surface area contributed by atoms with Gasteiger partial charge in [-0.25, -0.2) is 9.97 Å². The van der Waals surface area contributed by atoms with Crippen molar-refractivity contribution in [2.45, 2.75) is 31.7 Å². The fourth-order valence-electron chi connectivity index (χ4n) is 3.34. The number of carbonyl (C=O) groups is 1. The molecule has 2 heterocycles. The highest BCUT2D eigenvalue weighted by atomic mass is 32.2. The smallest absolute Gasteiger partial charge is 0.234 e. The van der Waals surface area contributed by atoms with Crippen molar-refractivity contribution in [1.29, 1.82) is 0 Å². The maximum absolute atomic E-state index is 12.7. The maximum Gasteiger partial charge on any atom is 0.234 e. The number of amides is 1. The van der Waals surface area contributed by atoms with Gasteiger partial charge < -0.3 is 5.32 Å². The van der Waals surface area contributed by atoms with Crippen LogP contribution in [-0.4, -0.2) is 21.6 Å². The number of nitrogens with zero attached hydrogens (tertiary/aromatic N) is 2. The first-order valence-electron chi connectivity index (χ1n) is 9.83. The van der Waals surface area contributed by atoms with Gasteiger partial charge in [-0.05, 0) is 30.0 Å². The minimum absolute atomic E-state index is 0.0352. The molecule has 0 saturated heterocycles. The summed E-state index contributed by atoms with van der Waals surface area (Å²) in [6.45, 7) is 6.33. The third-order valence-corrected chi connectivity index (χ3v) is 6.77. The Hall–Kier alpha value is -2.70. The van der Waals surface area contributed by atoms with Gasteiger partial charge in [0.15, 0.2) is 0 Å². The van der Waals surface area contributed by atoms with Gasteiger partial charge in [0.2, 0.25) is 5.91 Å². The lowest BCUT2D eigenvalue weighted by atomic mass is 10.0. The van der Waals surface area contributed by atoms with Crippen molar-refractivity contribution in [3.8, 4) is 11.1 Å². The molecule has 30 heavy (non-hydrogen) atoms. The monoisotopic (exact) mass is 433 g/mol. The summed E-state index contributed by atoms with van der Waals surface area (Å²) < 4.78 is 0. The molecule has 4 rings (SSSR count). The van der Waals surface area contributed by atoms with Gasteiger partial charge in [0, 0.05) is 16.6 Å². The molecule has 0 saturated carbocycles. The summed E-state index contributed by atoms with van der Waals surface area (Å²) in [5.41, 5.74) is 5.49. The second-order valence-electron chi connectivity index (χ2n) is 7.45. The van der Waals surface area contributed by atoms with Crippen molar-refractivity contribution in [2.75, 3.05) is 11.1 Å². The standard InChI is InChI=1S/C24H23N3OS2/c1-15(2)18-6-4-5-7-20(18)27-21(28)13-30-24-22-19(12-29-23(22)25-14-26-24)17-10-8-16(3)9-11-17/h4-12,14-15H,13H2,1-3H3,(H,27,28). The molecule has 2 aromatic carbocycles. The molecule has 0 aliphatic carbocycles. The van der Waals surface area contributed by atoms with Crippen LogP contribution < -0.4 is 5.32 Å². The lowest BCUT2D eigenvalue weighted by Gasteiger charge is -2.13. The average Bonchev–Trinajstić information content (AvgIpc) is 3.18. The molecule has 0 bridgehead atoms. The minimum Gasteiger partial charge on any atom is -0.325 e. The number of hydrogen-bond acceptors (Lipinski definition) is 5. The van der Waals surface area contributed by atoms with E-state index in [0.29, 0.717) is 11.7 Å². The molecule has 6 heteroatoms. The van der Waals surface area contributed by atoms with E-state index in [-0.39, 0.29) is 5.91 Å². The predicted octanol–water partition coefficient (Wildman–Crippen LogP) is 6.52. The number of carbonyl (C=O) groups excluding carboxylic acids is 1. The van der Waals surface area contributed by atoms with Crippen LogP contribution in [0.5, 0.6) is 0 Å². The number of aryl methyl sites for hydroxylation is 1. The van der Waals surface area contributed by atoms with Crippen LogP contribution in [-0.2, 0) is 4.79 Å². The molecular formula is C24H23N3OS2. The quantitative estimate of drug-likeness (QED) is 0.278. The predicted molar refractivity (Wildman–Crippen MR) is 127 cm³/mol. The van der Waals surface area contributed by atoms with E-state index in [0.717, 1.165) is 37.6 Å². The van der Waals surface area contributed by atoms with E-state index in [1.165, 1.54) is 17.3 Å². The molecule has 1 amide bonds. The second kappa shape index (κ2) is 8.98. The topological polar surface area (TPSA) is 54.9 Å². The summed E-state index contributed by atoms with van der Waals surface area (Å²) in [7, 11) is 0. The molecule has 0 atom stereocenters. The van der Waals surface area contributed by atoms with Crippen molar-refractivity contribution in [3.63, 3.8) is 0 Å². The van der Waals surface area contributed by atoms with Gasteiger partial charge in [0.1, 0.15) is 16.2 Å². The lowest BCUT2D eigenvalue weighted by molar-refractivity contribution is -0.113. The molecule has 4 nitrogen and oxygen atoms in total. The summed E-state index contributed by atoms with van der Waals surface area (Å²) in [6.07, 6.45) is 1.58. The van der Waals surface area contributed by atoms with Crippen LogP contribution in [0.2, 0.25) is 0 Å². The zero-order valence-electron chi connectivity index (χ0n) is 17.2. The highest BCUT2D eigenvalue weighted by Crippen LogP contribution is 2.38. The highest BCUT2D eigenvalue weighted by Gasteiger charge is 2.15. The Bertz CT molecular complexity index is 1180. The summed E-state index contributed by atoms with van der Waals surface area (Å²) in [4.78, 5) is 22.5. The molecular weight excluding hydrogens is 410 g/mol. The maximum atomic E-state index is 12.7. The van der Waals surface area contributed by atoms with Crippen molar-refractivity contribution in [2.24, 2.45) is 0 Å². The Morgan fingerprint density at radius 2 is 1.87 bits per heavy atom. The third-order valence-electron chi connectivity index (χ3n) is 4.89. The fraction of sp³-hybridized carbons (Fsp3) is 0.208. The van der Waals surface area contributed by atoms with E-state index >= 15 is 0 Å². The Balaban J connectivity index is 1.55. The molecule has 2 aromatic heterocycles. The van der Waals surface area contributed by atoms with Crippen molar-refractivity contribution >= 4 is 44.9 Å². The average molecular weight is 434 g/mol. The molecule has 0 spiro atoms. The van der Waals surface area contributed by atoms with E-state index < -0.39 is 0 Å². The van der Waals surface area contributed by atoms with Gasteiger partial charge in [-0.3, -0.25) is 4.79 Å². The summed E-state index contributed by atoms with van der Waals surface area (Å²) in [5, 5.41) is 7.03. The Kier molecular flexibility index (Phi) is 6.16. The van der Waals surface area contributed by atoms with Crippen LogP contribution in [0.15, 0.2) is 65.3 Å². The van der Waals surface area contributed by atoms with Gasteiger partial charge in [0.05, 0.1) is 11.1 Å². The molecule has 1 N–H and O–H groups in total. The van der Waals surface area contributed by atoms with Crippen molar-refractivity contribution < 1.29 is 4.79 Å². The second-order valence-corrected chi connectivity index (χ2v) is 9.28. The summed E-state index contributed by atoms with van der Waals surface area (Å²) in [5.74, 6) is 0.604. The van der Waals surface area contributed by atoms with E-state index in [9.17, 15) is 4.79 Å². The van der Waals surface area contributed by atoms with E-state index in [4.69, 9.17) is 0 Å². The van der Waals surface area contributed by atoms with E-state index in [2.05, 4.69) is 71.8 Å². The Morgan fingerprint density at radius 1 is 1.10 bits per heavy atom. The molecule has 0 radical (unpaired) electrons. The number of nitrogens with one attached hydrogen (secondary N) is 1. The minimum atomic E-state index is -0.0352. The van der Waals surface area contributed by atoms with Crippen LogP contribution in [0, 0.1) is 6.92 Å². The number of anilines is 1. The van der Waals surface area contributed by atoms with Gasteiger partial charge in [0.25, 0.3) is 0 Å². The number of aromatic nitrogens is 2. The van der Waals surface area contributed by atoms with E-state index in [1.807, 2.05) is 18.2 Å². The number of thioether (sulfide) groups is 1. The van der Waals surface area contributed by atoms with E-state index in [1.54, 1.807) is 17.7 Å². The van der Waals surface area contributed by atoms with Crippen molar-refractivity contribution in [3.05, 3.63) is 71.4 Å². The van der Waals surface area contributed by atoms with Crippen molar-refractivity contribution in [1.82, 2.24) is 9.97 Å². The number of fused-ring (bicyclic) bond motifs is 1. The molecule has 0 aliphatic rings. The number of benzene rings is 2. The molecule has 0 unspecified atom stereocenters. The lowest BCUT2D eigenvalue weighted by Crippen LogP contribution is -2.15. The van der Waals surface area contributed by atoms with Crippen LogP contribution in [0.1, 0.15) is 30.9 Å². The largest absolute Gasteiger partial charge is 0.325 e. The number of hydrogen-bond donors (Lipinski definition) is 1. The number of thiophene rings is 1. The zero-order valence-corrected chi connectivity index (χ0v) is 18.8. The Morgan fingerprint density at radius 3 is 2.63 bits per heavy atom. The summed E-state index contributed by atoms with van der Waals surface area (Å²) in [6, 6.07) is 16.4. The van der Waals surface area contributed by atoms with Gasteiger partial charge >= 0.3 is 0 Å². The summed E-state index contributed by atoms with van der Waals surface area (Å²) >= 11 is 3.06. The first-order chi connectivity index (χ1) is 14.5. The third kappa shape index (κ3) is 4.40. The van der Waals surface area contributed by atoms with Crippen LogP contribution in [0.4, 0.5) is 5.69 Å². The molecule has 0 fully saturated rings.